The molecule has 0 atom stereocenters. The minimum Gasteiger partial charge on any atom is -0.310 e. The van der Waals surface area contributed by atoms with Crippen molar-refractivity contribution in [3.63, 3.8) is 0 Å². The molecule has 0 unspecified atom stereocenters. The molecule has 2 rings (SSSR count). The third kappa shape index (κ3) is 5.38. The van der Waals surface area contributed by atoms with E-state index in [0.717, 1.165) is 11.3 Å². The summed E-state index contributed by atoms with van der Waals surface area (Å²) >= 11 is 6.00. The van der Waals surface area contributed by atoms with Crippen LogP contribution in [0.25, 0.3) is 0 Å². The second kappa shape index (κ2) is 9.07. The standard InChI is InChI=1S/C19H20ClN3O/c1-22(14-16-7-5-8-17(20)13-16)15-19(24)23(12-6-11-21)18-9-3-2-4-10-18/h2-5,7-10,13H,6,12,14-15H2,1H3. The van der Waals surface area contributed by atoms with Gasteiger partial charge < -0.3 is 4.90 Å². The monoisotopic (exact) mass is 341 g/mol. The highest BCUT2D eigenvalue weighted by Crippen LogP contribution is 2.15. The SMILES string of the molecule is CN(CC(=O)N(CCC#N)c1ccccc1)Cc1cccc(Cl)c1. The Balaban J connectivity index is 2.02. The molecule has 0 aliphatic heterocycles. The summed E-state index contributed by atoms with van der Waals surface area (Å²) in [6.45, 7) is 1.30. The van der Waals surface area contributed by atoms with E-state index in [9.17, 15) is 4.79 Å². The van der Waals surface area contributed by atoms with Crippen LogP contribution in [0.1, 0.15) is 12.0 Å². The van der Waals surface area contributed by atoms with Crippen LogP contribution in [-0.4, -0.2) is 30.9 Å². The molecule has 2 aromatic rings. The number of anilines is 1. The van der Waals surface area contributed by atoms with Gasteiger partial charge in [-0.25, -0.2) is 0 Å². The van der Waals surface area contributed by atoms with Gasteiger partial charge in [0.05, 0.1) is 19.0 Å². The number of carbonyl (C=O) groups excluding carboxylic acids is 1. The minimum absolute atomic E-state index is 0.0269. The normalized spacial score (nSPS) is 10.4. The molecule has 5 heteroatoms. The van der Waals surface area contributed by atoms with Gasteiger partial charge in [0.25, 0.3) is 0 Å². The second-order valence-electron chi connectivity index (χ2n) is 5.59. The minimum atomic E-state index is -0.0269. The number of amides is 1. The van der Waals surface area contributed by atoms with Crippen molar-refractivity contribution in [2.75, 3.05) is 25.0 Å². The fourth-order valence-corrected chi connectivity index (χ4v) is 2.70. The molecule has 1 amide bonds. The molecule has 0 N–H and O–H groups in total. The largest absolute Gasteiger partial charge is 0.310 e. The molecule has 0 radical (unpaired) electrons. The predicted octanol–water partition coefficient (Wildman–Crippen LogP) is 3.72. The zero-order chi connectivity index (χ0) is 17.4. The number of likely N-dealkylation sites (N-methyl/N-ethyl adjacent to an activating group) is 1. The Labute approximate surface area is 147 Å². The van der Waals surface area contributed by atoms with E-state index in [-0.39, 0.29) is 12.5 Å². The van der Waals surface area contributed by atoms with Crippen molar-refractivity contribution in [3.8, 4) is 6.07 Å². The number of hydrogen-bond acceptors (Lipinski definition) is 3. The lowest BCUT2D eigenvalue weighted by Crippen LogP contribution is -2.39. The molecule has 0 heterocycles. The van der Waals surface area contributed by atoms with Crippen molar-refractivity contribution >= 4 is 23.2 Å². The summed E-state index contributed by atoms with van der Waals surface area (Å²) in [6, 6.07) is 19.1. The molecular weight excluding hydrogens is 322 g/mol. The van der Waals surface area contributed by atoms with Gasteiger partial charge in [-0.1, -0.05) is 41.9 Å². The predicted molar refractivity (Wildman–Crippen MR) is 96.8 cm³/mol. The van der Waals surface area contributed by atoms with Crippen LogP contribution in [-0.2, 0) is 11.3 Å². The second-order valence-corrected chi connectivity index (χ2v) is 6.03. The highest BCUT2D eigenvalue weighted by atomic mass is 35.5. The summed E-state index contributed by atoms with van der Waals surface area (Å²) < 4.78 is 0. The molecule has 0 spiro atoms. The topological polar surface area (TPSA) is 47.3 Å². The van der Waals surface area contributed by atoms with Gasteiger partial charge >= 0.3 is 0 Å². The molecule has 124 valence electrons. The number of nitriles is 1. The van der Waals surface area contributed by atoms with Crippen molar-refractivity contribution in [1.29, 1.82) is 5.26 Å². The first-order valence-electron chi connectivity index (χ1n) is 7.75. The number of benzene rings is 2. The van der Waals surface area contributed by atoms with Crippen LogP contribution >= 0.6 is 11.6 Å². The summed E-state index contributed by atoms with van der Waals surface area (Å²) in [4.78, 5) is 16.3. The third-order valence-corrected chi connectivity index (χ3v) is 3.80. The van der Waals surface area contributed by atoms with E-state index in [1.807, 2.05) is 66.5 Å². The molecular formula is C19H20ClN3O. The van der Waals surface area contributed by atoms with Gasteiger partial charge in [0.1, 0.15) is 0 Å². The molecule has 0 saturated heterocycles. The van der Waals surface area contributed by atoms with Crippen LogP contribution in [0.2, 0.25) is 5.02 Å². The van der Waals surface area contributed by atoms with E-state index >= 15 is 0 Å². The molecule has 0 bridgehead atoms. The van der Waals surface area contributed by atoms with Gasteiger partial charge in [-0.05, 0) is 36.9 Å². The first kappa shape index (κ1) is 18.0. The van der Waals surface area contributed by atoms with Crippen molar-refractivity contribution in [3.05, 3.63) is 65.2 Å². The van der Waals surface area contributed by atoms with E-state index in [2.05, 4.69) is 6.07 Å². The van der Waals surface area contributed by atoms with Crippen LogP contribution < -0.4 is 4.90 Å². The van der Waals surface area contributed by atoms with Crippen LogP contribution in [0.15, 0.2) is 54.6 Å². The van der Waals surface area contributed by atoms with Gasteiger partial charge in [0.15, 0.2) is 0 Å². The van der Waals surface area contributed by atoms with E-state index < -0.39 is 0 Å². The Bertz CT molecular complexity index is 712. The summed E-state index contributed by atoms with van der Waals surface area (Å²) in [6.07, 6.45) is 0.304. The van der Waals surface area contributed by atoms with E-state index in [1.165, 1.54) is 0 Å². The lowest BCUT2D eigenvalue weighted by Gasteiger charge is -2.25. The first-order chi connectivity index (χ1) is 11.6. The number of carbonyl (C=O) groups is 1. The summed E-state index contributed by atoms with van der Waals surface area (Å²) in [5.41, 5.74) is 1.87. The number of para-hydroxylation sites is 1. The molecule has 24 heavy (non-hydrogen) atoms. The van der Waals surface area contributed by atoms with Gasteiger partial charge in [0, 0.05) is 23.8 Å². The van der Waals surface area contributed by atoms with Gasteiger partial charge in [-0.15, -0.1) is 0 Å². The van der Waals surface area contributed by atoms with Crippen LogP contribution in [0, 0.1) is 11.3 Å². The van der Waals surface area contributed by atoms with E-state index in [0.29, 0.717) is 24.5 Å². The van der Waals surface area contributed by atoms with Gasteiger partial charge in [-0.3, -0.25) is 9.69 Å². The average molecular weight is 342 g/mol. The molecule has 0 saturated carbocycles. The fourth-order valence-electron chi connectivity index (χ4n) is 2.49. The Kier molecular flexibility index (Phi) is 6.80. The molecule has 4 nitrogen and oxygen atoms in total. The number of rotatable bonds is 7. The summed E-state index contributed by atoms with van der Waals surface area (Å²) in [5, 5.41) is 9.52. The van der Waals surface area contributed by atoms with Crippen LogP contribution in [0.3, 0.4) is 0 Å². The van der Waals surface area contributed by atoms with Crippen molar-refractivity contribution in [1.82, 2.24) is 4.90 Å². The van der Waals surface area contributed by atoms with Gasteiger partial charge in [0.2, 0.25) is 5.91 Å². The molecule has 0 aliphatic carbocycles. The summed E-state index contributed by atoms with van der Waals surface area (Å²) in [7, 11) is 1.90. The number of nitrogens with zero attached hydrogens (tertiary/aromatic N) is 3. The fraction of sp³-hybridized carbons (Fsp3) is 0.263. The van der Waals surface area contributed by atoms with E-state index in [4.69, 9.17) is 16.9 Å². The zero-order valence-electron chi connectivity index (χ0n) is 13.7. The smallest absolute Gasteiger partial charge is 0.241 e. The third-order valence-electron chi connectivity index (χ3n) is 3.56. The highest BCUT2D eigenvalue weighted by Gasteiger charge is 2.17. The van der Waals surface area contributed by atoms with Crippen LogP contribution in [0.5, 0.6) is 0 Å². The average Bonchev–Trinajstić information content (AvgIpc) is 2.56. The van der Waals surface area contributed by atoms with Crippen molar-refractivity contribution in [2.24, 2.45) is 0 Å². The highest BCUT2D eigenvalue weighted by molar-refractivity contribution is 6.30. The maximum Gasteiger partial charge on any atom is 0.241 e. The number of halogens is 1. The zero-order valence-corrected chi connectivity index (χ0v) is 14.4. The van der Waals surface area contributed by atoms with Crippen molar-refractivity contribution < 1.29 is 4.79 Å². The maximum atomic E-state index is 12.7. The van der Waals surface area contributed by atoms with E-state index in [1.54, 1.807) is 4.90 Å². The lowest BCUT2D eigenvalue weighted by molar-refractivity contribution is -0.119. The molecule has 0 aliphatic rings. The maximum absolute atomic E-state index is 12.7. The Morgan fingerprint density at radius 1 is 1.17 bits per heavy atom. The molecule has 0 aromatic heterocycles. The Hall–Kier alpha value is -2.35. The first-order valence-corrected chi connectivity index (χ1v) is 8.13. The van der Waals surface area contributed by atoms with Crippen molar-refractivity contribution in [2.45, 2.75) is 13.0 Å². The lowest BCUT2D eigenvalue weighted by atomic mass is 10.2. The molecule has 0 fully saturated rings. The summed E-state index contributed by atoms with van der Waals surface area (Å²) in [5.74, 6) is -0.0269. The molecule has 2 aromatic carbocycles. The van der Waals surface area contributed by atoms with Crippen LogP contribution in [0.4, 0.5) is 5.69 Å². The number of hydrogen-bond donors (Lipinski definition) is 0. The Morgan fingerprint density at radius 3 is 2.58 bits per heavy atom. The Morgan fingerprint density at radius 2 is 1.92 bits per heavy atom. The van der Waals surface area contributed by atoms with Gasteiger partial charge in [-0.2, -0.15) is 5.26 Å². The quantitative estimate of drug-likeness (QED) is 0.771.